The fourth-order valence-corrected chi connectivity index (χ4v) is 3.90. The average molecular weight is 377 g/mol. The molecular weight excluding hydrogens is 356 g/mol. The zero-order chi connectivity index (χ0) is 15.6. The minimum absolute atomic E-state index is 0.687. The molecule has 2 aliphatic rings. The van der Waals surface area contributed by atoms with Gasteiger partial charge in [0.05, 0.1) is 18.7 Å². The highest BCUT2D eigenvalue weighted by atomic mass is 79.9. The number of hydrogen-bond acceptors (Lipinski definition) is 5. The molecular formula is C17H21BrN4O. The van der Waals surface area contributed by atoms with Crippen molar-refractivity contribution in [2.24, 2.45) is 0 Å². The van der Waals surface area contributed by atoms with E-state index in [9.17, 15) is 0 Å². The molecule has 5 nitrogen and oxygen atoms in total. The van der Waals surface area contributed by atoms with Gasteiger partial charge in [-0.05, 0) is 31.0 Å². The van der Waals surface area contributed by atoms with E-state index in [1.165, 1.54) is 12.8 Å². The molecule has 0 aliphatic carbocycles. The molecule has 23 heavy (non-hydrogen) atoms. The van der Waals surface area contributed by atoms with Crippen molar-refractivity contribution in [1.29, 1.82) is 0 Å². The van der Waals surface area contributed by atoms with Crippen LogP contribution in [0, 0.1) is 0 Å². The van der Waals surface area contributed by atoms with Gasteiger partial charge in [-0.3, -0.25) is 4.90 Å². The number of benzene rings is 1. The van der Waals surface area contributed by atoms with E-state index in [0.717, 1.165) is 60.7 Å². The van der Waals surface area contributed by atoms with E-state index in [2.05, 4.69) is 36.8 Å². The highest BCUT2D eigenvalue weighted by Crippen LogP contribution is 2.23. The Kier molecular flexibility index (Phi) is 4.46. The molecule has 0 saturated carbocycles. The number of anilines is 1. The third-order valence-electron chi connectivity index (χ3n) is 4.84. The lowest BCUT2D eigenvalue weighted by atomic mass is 10.0. The molecule has 2 fully saturated rings. The molecule has 0 amide bonds. The fourth-order valence-electron chi connectivity index (χ4n) is 3.52. The predicted molar refractivity (Wildman–Crippen MR) is 94.9 cm³/mol. The summed E-state index contributed by atoms with van der Waals surface area (Å²) in [5.41, 5.74) is 1.01. The summed E-state index contributed by atoms with van der Waals surface area (Å²) in [6.07, 6.45) is 4.29. The Bertz CT molecular complexity index is 681. The Labute approximate surface area is 144 Å². The lowest BCUT2D eigenvalue weighted by Crippen LogP contribution is -2.49. The van der Waals surface area contributed by atoms with Gasteiger partial charge < -0.3 is 9.64 Å². The van der Waals surface area contributed by atoms with E-state index in [0.29, 0.717) is 6.04 Å². The first-order valence-corrected chi connectivity index (χ1v) is 9.08. The molecule has 2 aromatic rings. The molecule has 0 N–H and O–H groups in total. The van der Waals surface area contributed by atoms with Crippen LogP contribution in [0.15, 0.2) is 28.9 Å². The van der Waals surface area contributed by atoms with E-state index >= 15 is 0 Å². The van der Waals surface area contributed by atoms with E-state index in [1.54, 1.807) is 0 Å². The van der Waals surface area contributed by atoms with Crippen LogP contribution in [0.3, 0.4) is 0 Å². The molecule has 1 aromatic carbocycles. The lowest BCUT2D eigenvalue weighted by molar-refractivity contribution is 0.0114. The Morgan fingerprint density at radius 3 is 2.65 bits per heavy atom. The minimum Gasteiger partial charge on any atom is -0.379 e. The number of piperidine rings is 1. The first-order chi connectivity index (χ1) is 11.3. The van der Waals surface area contributed by atoms with Gasteiger partial charge in [-0.25, -0.2) is 9.97 Å². The molecule has 6 heteroatoms. The van der Waals surface area contributed by atoms with Gasteiger partial charge in [0, 0.05) is 48.3 Å². The number of hydrogen-bond donors (Lipinski definition) is 0. The number of rotatable bonds is 2. The van der Waals surface area contributed by atoms with Crippen LogP contribution in [0.1, 0.15) is 12.8 Å². The van der Waals surface area contributed by atoms with Gasteiger partial charge in [0.25, 0.3) is 0 Å². The summed E-state index contributed by atoms with van der Waals surface area (Å²) < 4.78 is 6.52. The first-order valence-electron chi connectivity index (χ1n) is 8.29. The first kappa shape index (κ1) is 15.3. The molecule has 0 radical (unpaired) electrons. The summed E-state index contributed by atoms with van der Waals surface area (Å²) in [7, 11) is 0. The number of morpholine rings is 1. The maximum atomic E-state index is 5.45. The largest absolute Gasteiger partial charge is 0.379 e. The molecule has 0 unspecified atom stereocenters. The smallest absolute Gasteiger partial charge is 0.225 e. The Morgan fingerprint density at radius 2 is 1.87 bits per heavy atom. The van der Waals surface area contributed by atoms with Gasteiger partial charge in [0.1, 0.15) is 0 Å². The van der Waals surface area contributed by atoms with Gasteiger partial charge in [0.2, 0.25) is 5.95 Å². The van der Waals surface area contributed by atoms with Gasteiger partial charge in [0.15, 0.2) is 0 Å². The van der Waals surface area contributed by atoms with Crippen LogP contribution in [-0.2, 0) is 4.74 Å². The third-order valence-corrected chi connectivity index (χ3v) is 5.33. The molecule has 0 bridgehead atoms. The fraction of sp³-hybridized carbons (Fsp3) is 0.529. The number of nitrogens with zero attached hydrogens (tertiary/aromatic N) is 4. The van der Waals surface area contributed by atoms with Gasteiger partial charge >= 0.3 is 0 Å². The summed E-state index contributed by atoms with van der Waals surface area (Å²) in [5.74, 6) is 0.861. The predicted octanol–water partition coefficient (Wildman–Crippen LogP) is 2.69. The summed E-state index contributed by atoms with van der Waals surface area (Å²) >= 11 is 3.49. The minimum atomic E-state index is 0.687. The summed E-state index contributed by atoms with van der Waals surface area (Å²) in [6.45, 7) is 5.97. The molecule has 4 rings (SSSR count). The van der Waals surface area contributed by atoms with Crippen molar-refractivity contribution in [3.63, 3.8) is 0 Å². The summed E-state index contributed by atoms with van der Waals surface area (Å²) in [6, 6.07) is 6.82. The maximum Gasteiger partial charge on any atom is 0.225 e. The van der Waals surface area contributed by atoms with Gasteiger partial charge in [-0.1, -0.05) is 15.9 Å². The van der Waals surface area contributed by atoms with Crippen LogP contribution >= 0.6 is 15.9 Å². The Hall–Kier alpha value is -1.24. The lowest BCUT2D eigenvalue weighted by Gasteiger charge is -2.40. The normalized spacial score (nSPS) is 21.0. The van der Waals surface area contributed by atoms with E-state index < -0.39 is 0 Å². The van der Waals surface area contributed by atoms with E-state index in [-0.39, 0.29) is 0 Å². The molecule has 2 saturated heterocycles. The van der Waals surface area contributed by atoms with E-state index in [4.69, 9.17) is 9.72 Å². The second-order valence-electron chi connectivity index (χ2n) is 6.24. The van der Waals surface area contributed by atoms with Crippen molar-refractivity contribution in [2.45, 2.75) is 18.9 Å². The highest BCUT2D eigenvalue weighted by molar-refractivity contribution is 9.10. The Balaban J connectivity index is 1.44. The SMILES string of the molecule is Brc1ccc2nc(N3CCC(N4CCOCC4)CC3)ncc2c1. The summed E-state index contributed by atoms with van der Waals surface area (Å²) in [5, 5.41) is 1.08. The molecule has 0 atom stereocenters. The zero-order valence-electron chi connectivity index (χ0n) is 13.1. The molecule has 1 aromatic heterocycles. The van der Waals surface area contributed by atoms with Crippen LogP contribution in [0.25, 0.3) is 10.9 Å². The monoisotopic (exact) mass is 376 g/mol. The maximum absolute atomic E-state index is 5.45. The van der Waals surface area contributed by atoms with Crippen molar-refractivity contribution in [1.82, 2.24) is 14.9 Å². The highest BCUT2D eigenvalue weighted by Gasteiger charge is 2.26. The van der Waals surface area contributed by atoms with Gasteiger partial charge in [-0.2, -0.15) is 0 Å². The van der Waals surface area contributed by atoms with Crippen LogP contribution in [0.5, 0.6) is 0 Å². The van der Waals surface area contributed by atoms with Crippen LogP contribution in [0.4, 0.5) is 5.95 Å². The summed E-state index contributed by atoms with van der Waals surface area (Å²) in [4.78, 5) is 14.2. The van der Waals surface area contributed by atoms with Crippen molar-refractivity contribution in [2.75, 3.05) is 44.3 Å². The molecule has 2 aliphatic heterocycles. The van der Waals surface area contributed by atoms with Crippen LogP contribution < -0.4 is 4.90 Å². The van der Waals surface area contributed by atoms with Gasteiger partial charge in [-0.15, -0.1) is 0 Å². The molecule has 122 valence electrons. The van der Waals surface area contributed by atoms with Crippen molar-refractivity contribution < 1.29 is 4.74 Å². The van der Waals surface area contributed by atoms with Crippen molar-refractivity contribution >= 4 is 32.8 Å². The van der Waals surface area contributed by atoms with Crippen LogP contribution in [0.2, 0.25) is 0 Å². The molecule has 3 heterocycles. The number of ether oxygens (including phenoxy) is 1. The molecule has 0 spiro atoms. The number of fused-ring (bicyclic) bond motifs is 1. The second kappa shape index (κ2) is 6.71. The zero-order valence-corrected chi connectivity index (χ0v) is 14.7. The van der Waals surface area contributed by atoms with E-state index in [1.807, 2.05) is 18.3 Å². The topological polar surface area (TPSA) is 41.5 Å². The quantitative estimate of drug-likeness (QED) is 0.805. The second-order valence-corrected chi connectivity index (χ2v) is 7.16. The number of halogens is 1. The number of aromatic nitrogens is 2. The standard InChI is InChI=1S/C17H21BrN4O/c18-14-1-2-16-13(11-14)12-19-17(20-16)22-5-3-15(4-6-22)21-7-9-23-10-8-21/h1-2,11-12,15H,3-10H2. The van der Waals surface area contributed by atoms with Crippen LogP contribution in [-0.4, -0.2) is 60.3 Å². The Morgan fingerprint density at radius 1 is 1.09 bits per heavy atom. The third kappa shape index (κ3) is 3.34. The van der Waals surface area contributed by atoms with Crippen molar-refractivity contribution in [3.8, 4) is 0 Å². The van der Waals surface area contributed by atoms with Crippen molar-refractivity contribution in [3.05, 3.63) is 28.9 Å². The average Bonchev–Trinajstić information content (AvgIpc) is 2.62.